The van der Waals surface area contributed by atoms with Gasteiger partial charge in [-0.25, -0.2) is 4.98 Å². The lowest BCUT2D eigenvalue weighted by atomic mass is 10.2. The van der Waals surface area contributed by atoms with E-state index in [-0.39, 0.29) is 5.91 Å². The zero-order valence-corrected chi connectivity index (χ0v) is 14.1. The lowest BCUT2D eigenvalue weighted by Gasteiger charge is -2.29. The van der Waals surface area contributed by atoms with Crippen molar-refractivity contribution in [1.29, 1.82) is 0 Å². The first-order valence-electron chi connectivity index (χ1n) is 8.70. The van der Waals surface area contributed by atoms with Gasteiger partial charge in [-0.2, -0.15) is 0 Å². The summed E-state index contributed by atoms with van der Waals surface area (Å²) >= 11 is 0. The average Bonchev–Trinajstić information content (AvgIpc) is 2.66. The number of morpholine rings is 2. The summed E-state index contributed by atoms with van der Waals surface area (Å²) in [6, 6.07) is 3.65. The quantitative estimate of drug-likeness (QED) is 0.758. The molecular weight excluding hydrogens is 308 g/mol. The molecule has 0 spiro atoms. The summed E-state index contributed by atoms with van der Waals surface area (Å²) in [5, 5.41) is 3.02. The minimum Gasteiger partial charge on any atom is -0.379 e. The van der Waals surface area contributed by atoms with Crippen LogP contribution in [0.2, 0.25) is 0 Å². The highest BCUT2D eigenvalue weighted by Gasteiger charge is 2.19. The SMILES string of the molecule is O=C(NCCCN1CCOCC1)c1cccnc1N1CCOCC1. The molecule has 0 aliphatic carbocycles. The third kappa shape index (κ3) is 4.66. The first kappa shape index (κ1) is 17.1. The minimum absolute atomic E-state index is 0.0495. The Hall–Kier alpha value is -1.70. The van der Waals surface area contributed by atoms with Crippen LogP contribution in [0.3, 0.4) is 0 Å². The molecule has 0 unspecified atom stereocenters. The maximum atomic E-state index is 12.5. The van der Waals surface area contributed by atoms with Gasteiger partial charge in [0.2, 0.25) is 0 Å². The summed E-state index contributed by atoms with van der Waals surface area (Å²) in [7, 11) is 0. The van der Waals surface area contributed by atoms with E-state index in [1.165, 1.54) is 0 Å². The van der Waals surface area contributed by atoms with E-state index in [4.69, 9.17) is 9.47 Å². The zero-order chi connectivity index (χ0) is 16.6. The van der Waals surface area contributed by atoms with Crippen LogP contribution in [0, 0.1) is 0 Å². The molecule has 0 aromatic carbocycles. The number of pyridine rings is 1. The van der Waals surface area contributed by atoms with E-state index in [2.05, 4.69) is 20.1 Å². The van der Waals surface area contributed by atoms with Crippen LogP contribution in [0.15, 0.2) is 18.3 Å². The van der Waals surface area contributed by atoms with Crippen LogP contribution in [-0.2, 0) is 9.47 Å². The van der Waals surface area contributed by atoms with E-state index in [1.54, 1.807) is 6.20 Å². The fourth-order valence-electron chi connectivity index (χ4n) is 3.03. The summed E-state index contributed by atoms with van der Waals surface area (Å²) in [6.07, 6.45) is 2.68. The van der Waals surface area contributed by atoms with E-state index in [0.29, 0.717) is 25.3 Å². The van der Waals surface area contributed by atoms with Gasteiger partial charge in [0.05, 0.1) is 32.0 Å². The molecule has 24 heavy (non-hydrogen) atoms. The Morgan fingerprint density at radius 3 is 2.58 bits per heavy atom. The summed E-state index contributed by atoms with van der Waals surface area (Å²) in [5.74, 6) is 0.707. The van der Waals surface area contributed by atoms with Gasteiger partial charge in [-0.3, -0.25) is 9.69 Å². The Balaban J connectivity index is 1.49. The van der Waals surface area contributed by atoms with Crippen LogP contribution >= 0.6 is 0 Å². The molecule has 7 nitrogen and oxygen atoms in total. The Kier molecular flexibility index (Phi) is 6.40. The topological polar surface area (TPSA) is 66.9 Å². The Morgan fingerprint density at radius 1 is 1.12 bits per heavy atom. The number of aromatic nitrogens is 1. The molecule has 0 bridgehead atoms. The van der Waals surface area contributed by atoms with Gasteiger partial charge < -0.3 is 19.7 Å². The summed E-state index contributed by atoms with van der Waals surface area (Å²) in [5.41, 5.74) is 0.644. The molecule has 2 fully saturated rings. The highest BCUT2D eigenvalue weighted by molar-refractivity contribution is 5.98. The van der Waals surface area contributed by atoms with Gasteiger partial charge in [-0.15, -0.1) is 0 Å². The van der Waals surface area contributed by atoms with E-state index in [0.717, 1.165) is 58.2 Å². The van der Waals surface area contributed by atoms with Crippen molar-refractivity contribution in [2.24, 2.45) is 0 Å². The van der Waals surface area contributed by atoms with E-state index >= 15 is 0 Å². The molecule has 0 saturated carbocycles. The molecule has 0 atom stereocenters. The second-order valence-electron chi connectivity index (χ2n) is 6.04. The number of hydrogen-bond acceptors (Lipinski definition) is 6. The number of anilines is 1. The fourth-order valence-corrected chi connectivity index (χ4v) is 3.03. The molecule has 7 heteroatoms. The van der Waals surface area contributed by atoms with Crippen molar-refractivity contribution in [2.75, 3.05) is 70.6 Å². The average molecular weight is 334 g/mol. The molecule has 3 rings (SSSR count). The third-order valence-electron chi connectivity index (χ3n) is 4.38. The van der Waals surface area contributed by atoms with Crippen molar-refractivity contribution in [3.8, 4) is 0 Å². The number of carbonyl (C=O) groups excluding carboxylic acids is 1. The highest BCUT2D eigenvalue weighted by atomic mass is 16.5. The van der Waals surface area contributed by atoms with Gasteiger partial charge in [-0.05, 0) is 25.1 Å². The van der Waals surface area contributed by atoms with E-state index in [1.807, 2.05) is 12.1 Å². The molecule has 2 saturated heterocycles. The Bertz CT molecular complexity index is 528. The number of nitrogens with zero attached hydrogens (tertiary/aromatic N) is 3. The van der Waals surface area contributed by atoms with Crippen molar-refractivity contribution in [3.05, 3.63) is 23.9 Å². The van der Waals surface area contributed by atoms with Gasteiger partial charge in [0.1, 0.15) is 5.82 Å². The lowest BCUT2D eigenvalue weighted by Crippen LogP contribution is -2.39. The standard InChI is InChI=1S/C17H26N4O3/c22-17(19-5-2-6-20-7-11-23-12-8-20)15-3-1-4-18-16(15)21-9-13-24-14-10-21/h1,3-4H,2,5-14H2,(H,19,22). The number of nitrogens with one attached hydrogen (secondary N) is 1. The van der Waals surface area contributed by atoms with Crippen molar-refractivity contribution in [2.45, 2.75) is 6.42 Å². The van der Waals surface area contributed by atoms with Crippen LogP contribution in [0.25, 0.3) is 0 Å². The minimum atomic E-state index is -0.0495. The highest BCUT2D eigenvalue weighted by Crippen LogP contribution is 2.18. The van der Waals surface area contributed by atoms with Crippen LogP contribution in [0.5, 0.6) is 0 Å². The van der Waals surface area contributed by atoms with Crippen LogP contribution in [0.1, 0.15) is 16.8 Å². The molecule has 0 radical (unpaired) electrons. The molecule has 1 aromatic heterocycles. The third-order valence-corrected chi connectivity index (χ3v) is 4.38. The molecule has 1 N–H and O–H groups in total. The smallest absolute Gasteiger partial charge is 0.255 e. The van der Waals surface area contributed by atoms with Crippen molar-refractivity contribution in [1.82, 2.24) is 15.2 Å². The van der Waals surface area contributed by atoms with E-state index in [9.17, 15) is 4.79 Å². The van der Waals surface area contributed by atoms with Gasteiger partial charge in [0.15, 0.2) is 0 Å². The van der Waals surface area contributed by atoms with Crippen molar-refractivity contribution < 1.29 is 14.3 Å². The predicted molar refractivity (Wildman–Crippen MR) is 91.5 cm³/mol. The maximum Gasteiger partial charge on any atom is 0.255 e. The normalized spacial score (nSPS) is 19.2. The molecular formula is C17H26N4O3. The van der Waals surface area contributed by atoms with Crippen molar-refractivity contribution in [3.63, 3.8) is 0 Å². The summed E-state index contributed by atoms with van der Waals surface area (Å²) in [6.45, 7) is 8.16. The molecule has 1 amide bonds. The molecule has 2 aliphatic heterocycles. The van der Waals surface area contributed by atoms with Crippen molar-refractivity contribution >= 4 is 11.7 Å². The van der Waals surface area contributed by atoms with Crippen LogP contribution in [0.4, 0.5) is 5.82 Å². The Labute approximate surface area is 142 Å². The van der Waals surface area contributed by atoms with Gasteiger partial charge in [0, 0.05) is 38.9 Å². The number of rotatable bonds is 6. The Morgan fingerprint density at radius 2 is 1.83 bits per heavy atom. The molecule has 3 heterocycles. The van der Waals surface area contributed by atoms with Crippen LogP contribution < -0.4 is 10.2 Å². The maximum absolute atomic E-state index is 12.5. The first-order chi connectivity index (χ1) is 11.8. The fraction of sp³-hybridized carbons (Fsp3) is 0.647. The summed E-state index contributed by atoms with van der Waals surface area (Å²) in [4.78, 5) is 21.4. The lowest BCUT2D eigenvalue weighted by molar-refractivity contribution is 0.0374. The number of amides is 1. The predicted octanol–water partition coefficient (Wildman–Crippen LogP) is 0.370. The molecule has 2 aliphatic rings. The number of hydrogen-bond donors (Lipinski definition) is 1. The monoisotopic (exact) mass is 334 g/mol. The molecule has 1 aromatic rings. The van der Waals surface area contributed by atoms with Crippen LogP contribution in [-0.4, -0.2) is 81.5 Å². The zero-order valence-electron chi connectivity index (χ0n) is 14.1. The molecule has 132 valence electrons. The number of carbonyl (C=O) groups is 1. The largest absolute Gasteiger partial charge is 0.379 e. The van der Waals surface area contributed by atoms with Gasteiger partial charge in [0.25, 0.3) is 5.91 Å². The van der Waals surface area contributed by atoms with Gasteiger partial charge in [-0.1, -0.05) is 0 Å². The number of ether oxygens (including phenoxy) is 2. The second kappa shape index (κ2) is 8.96. The summed E-state index contributed by atoms with van der Waals surface area (Å²) < 4.78 is 10.7. The van der Waals surface area contributed by atoms with E-state index < -0.39 is 0 Å². The first-order valence-corrected chi connectivity index (χ1v) is 8.70. The van der Waals surface area contributed by atoms with Gasteiger partial charge >= 0.3 is 0 Å². The second-order valence-corrected chi connectivity index (χ2v) is 6.04.